The number of carbonyl (C=O) groups excluding carboxylic acids is 3. The van der Waals surface area contributed by atoms with Crippen LogP contribution in [0.2, 0.25) is 0 Å². The van der Waals surface area contributed by atoms with Gasteiger partial charge in [0.05, 0.1) is 5.56 Å². The van der Waals surface area contributed by atoms with Crippen LogP contribution in [0.1, 0.15) is 15.9 Å². The van der Waals surface area contributed by atoms with Gasteiger partial charge in [-0.15, -0.1) is 0 Å². The molecule has 1 aliphatic rings. The summed E-state index contributed by atoms with van der Waals surface area (Å²) in [4.78, 5) is 36.1. The Morgan fingerprint density at radius 1 is 1.23 bits per heavy atom. The van der Waals surface area contributed by atoms with Crippen LogP contribution in [-0.2, 0) is 16.0 Å². The minimum atomic E-state index is -0.761. The van der Waals surface area contributed by atoms with E-state index in [1.54, 1.807) is 6.07 Å². The van der Waals surface area contributed by atoms with Crippen LogP contribution in [0.4, 0.5) is 11.4 Å². The highest BCUT2D eigenvalue weighted by molar-refractivity contribution is 6.05. The van der Waals surface area contributed by atoms with E-state index in [4.69, 9.17) is 0 Å². The number of rotatable bonds is 4. The summed E-state index contributed by atoms with van der Waals surface area (Å²) < 4.78 is 0. The van der Waals surface area contributed by atoms with Crippen LogP contribution in [0.15, 0.2) is 55.1 Å². The second kappa shape index (κ2) is 7.10. The van der Waals surface area contributed by atoms with Crippen molar-refractivity contribution in [3.8, 4) is 5.75 Å². The summed E-state index contributed by atoms with van der Waals surface area (Å²) in [7, 11) is 0. The fourth-order valence-corrected chi connectivity index (χ4v) is 2.69. The molecule has 2 aromatic rings. The van der Waals surface area contributed by atoms with Crippen molar-refractivity contribution in [3.05, 3.63) is 66.2 Å². The number of hydrogen-bond donors (Lipinski definition) is 4. The van der Waals surface area contributed by atoms with E-state index in [0.717, 1.165) is 17.3 Å². The first-order valence-corrected chi connectivity index (χ1v) is 7.94. The number of carbonyl (C=O) groups is 3. The third kappa shape index (κ3) is 3.56. The van der Waals surface area contributed by atoms with Gasteiger partial charge in [0.25, 0.3) is 5.91 Å². The molecule has 3 rings (SSSR count). The van der Waals surface area contributed by atoms with Gasteiger partial charge in [-0.3, -0.25) is 14.4 Å². The van der Waals surface area contributed by atoms with Crippen molar-refractivity contribution < 1.29 is 19.5 Å². The van der Waals surface area contributed by atoms with Crippen LogP contribution in [0.3, 0.4) is 0 Å². The molecule has 0 saturated heterocycles. The Morgan fingerprint density at radius 2 is 2.00 bits per heavy atom. The van der Waals surface area contributed by atoms with E-state index >= 15 is 0 Å². The van der Waals surface area contributed by atoms with Crippen molar-refractivity contribution in [1.29, 1.82) is 0 Å². The molecule has 1 unspecified atom stereocenters. The molecule has 0 radical (unpaired) electrons. The van der Waals surface area contributed by atoms with E-state index in [2.05, 4.69) is 22.5 Å². The lowest BCUT2D eigenvalue weighted by Crippen LogP contribution is -2.47. The average Bonchev–Trinajstić information content (AvgIpc) is 2.63. The molecule has 26 heavy (non-hydrogen) atoms. The van der Waals surface area contributed by atoms with Gasteiger partial charge in [0.1, 0.15) is 11.8 Å². The number of phenols is 1. The summed E-state index contributed by atoms with van der Waals surface area (Å²) in [6.07, 6.45) is 1.44. The van der Waals surface area contributed by atoms with Gasteiger partial charge in [0, 0.05) is 17.8 Å². The number of para-hydroxylation sites is 1. The normalized spacial score (nSPS) is 15.4. The fraction of sp³-hybridized carbons (Fsp3) is 0.105. The van der Waals surface area contributed by atoms with Gasteiger partial charge in [-0.25, -0.2) is 0 Å². The summed E-state index contributed by atoms with van der Waals surface area (Å²) in [6.45, 7) is 3.35. The number of nitrogens with one attached hydrogen (secondary N) is 3. The average molecular weight is 351 g/mol. The topological polar surface area (TPSA) is 108 Å². The zero-order valence-electron chi connectivity index (χ0n) is 13.8. The zero-order valence-corrected chi connectivity index (χ0v) is 13.8. The molecule has 0 saturated carbocycles. The van der Waals surface area contributed by atoms with Gasteiger partial charge in [-0.05, 0) is 35.9 Å². The first kappa shape index (κ1) is 17.2. The molecule has 0 aromatic heterocycles. The van der Waals surface area contributed by atoms with Crippen molar-refractivity contribution in [1.82, 2.24) is 5.32 Å². The van der Waals surface area contributed by atoms with E-state index < -0.39 is 17.9 Å². The minimum Gasteiger partial charge on any atom is -0.507 e. The monoisotopic (exact) mass is 351 g/mol. The largest absolute Gasteiger partial charge is 0.507 e. The third-order valence-electron chi connectivity index (χ3n) is 4.02. The van der Waals surface area contributed by atoms with E-state index in [0.29, 0.717) is 12.1 Å². The van der Waals surface area contributed by atoms with Crippen LogP contribution in [0.5, 0.6) is 5.75 Å². The maximum atomic E-state index is 12.5. The van der Waals surface area contributed by atoms with Crippen LogP contribution < -0.4 is 16.0 Å². The van der Waals surface area contributed by atoms with Crippen LogP contribution in [0, 0.1) is 0 Å². The second-order valence-corrected chi connectivity index (χ2v) is 5.80. The molecule has 7 heteroatoms. The standard InChI is InChI=1S/C19H17N3O4/c1-2-17(24)20-12-7-8-16(23)13(10-12)18(25)22-15-9-11-5-3-4-6-14(11)21-19(15)26/h2-8,10,15,23H,1,9H2,(H,20,24)(H,21,26)(H,22,25). The van der Waals surface area contributed by atoms with Crippen molar-refractivity contribution in [2.24, 2.45) is 0 Å². The number of fused-ring (bicyclic) bond motifs is 1. The number of aromatic hydroxyl groups is 1. The van der Waals surface area contributed by atoms with E-state index in [1.165, 1.54) is 18.2 Å². The Bertz CT molecular complexity index is 907. The predicted octanol–water partition coefficient (Wildman–Crippen LogP) is 1.81. The summed E-state index contributed by atoms with van der Waals surface area (Å²) in [5, 5.41) is 17.8. The highest BCUT2D eigenvalue weighted by atomic mass is 16.3. The molecule has 4 N–H and O–H groups in total. The number of hydrogen-bond acceptors (Lipinski definition) is 4. The molecule has 2 aromatic carbocycles. The lowest BCUT2D eigenvalue weighted by atomic mass is 9.98. The van der Waals surface area contributed by atoms with E-state index in [1.807, 2.05) is 18.2 Å². The SMILES string of the molecule is C=CC(=O)Nc1ccc(O)c(C(=O)NC2Cc3ccccc3NC2=O)c1. The first-order valence-electron chi connectivity index (χ1n) is 7.94. The number of amides is 3. The van der Waals surface area contributed by atoms with Crippen molar-refractivity contribution in [2.75, 3.05) is 10.6 Å². The van der Waals surface area contributed by atoms with E-state index in [9.17, 15) is 19.5 Å². The third-order valence-corrected chi connectivity index (χ3v) is 4.02. The lowest BCUT2D eigenvalue weighted by molar-refractivity contribution is -0.118. The van der Waals surface area contributed by atoms with E-state index in [-0.39, 0.29) is 17.2 Å². The second-order valence-electron chi connectivity index (χ2n) is 5.80. The van der Waals surface area contributed by atoms with Crippen LogP contribution in [-0.4, -0.2) is 28.9 Å². The summed E-state index contributed by atoms with van der Waals surface area (Å²) >= 11 is 0. The van der Waals surface area contributed by atoms with Gasteiger partial charge in [-0.2, -0.15) is 0 Å². The molecule has 3 amide bonds. The van der Waals surface area contributed by atoms with Crippen molar-refractivity contribution in [2.45, 2.75) is 12.5 Å². The Labute approximate surface area is 149 Å². The lowest BCUT2D eigenvalue weighted by Gasteiger charge is -2.25. The predicted molar refractivity (Wildman–Crippen MR) is 97.0 cm³/mol. The summed E-state index contributed by atoms with van der Waals surface area (Å²) in [5.41, 5.74) is 1.92. The highest BCUT2D eigenvalue weighted by Gasteiger charge is 2.28. The highest BCUT2D eigenvalue weighted by Crippen LogP contribution is 2.24. The molecule has 0 bridgehead atoms. The molecular formula is C19H17N3O4. The summed E-state index contributed by atoms with van der Waals surface area (Å²) in [5.74, 6) is -1.63. The molecule has 1 heterocycles. The molecule has 0 fully saturated rings. The Kier molecular flexibility index (Phi) is 4.70. The molecule has 1 aliphatic heterocycles. The van der Waals surface area contributed by atoms with Gasteiger partial charge in [-0.1, -0.05) is 24.8 Å². The molecular weight excluding hydrogens is 334 g/mol. The molecule has 132 valence electrons. The summed E-state index contributed by atoms with van der Waals surface area (Å²) in [6, 6.07) is 10.7. The first-order chi connectivity index (χ1) is 12.5. The molecule has 0 aliphatic carbocycles. The number of anilines is 2. The zero-order chi connectivity index (χ0) is 18.7. The van der Waals surface area contributed by atoms with Gasteiger partial charge < -0.3 is 21.1 Å². The van der Waals surface area contributed by atoms with Crippen LogP contribution in [0.25, 0.3) is 0 Å². The van der Waals surface area contributed by atoms with Crippen molar-refractivity contribution >= 4 is 29.1 Å². The smallest absolute Gasteiger partial charge is 0.255 e. The van der Waals surface area contributed by atoms with Gasteiger partial charge in [0.15, 0.2) is 0 Å². The maximum Gasteiger partial charge on any atom is 0.255 e. The Hall–Kier alpha value is -3.61. The number of phenolic OH excluding ortho intramolecular Hbond substituents is 1. The fourth-order valence-electron chi connectivity index (χ4n) is 2.69. The quantitative estimate of drug-likeness (QED) is 0.498. The molecule has 0 spiro atoms. The van der Waals surface area contributed by atoms with Crippen LogP contribution >= 0.6 is 0 Å². The minimum absolute atomic E-state index is 0.0430. The molecule has 7 nitrogen and oxygen atoms in total. The van der Waals surface area contributed by atoms with Gasteiger partial charge in [0.2, 0.25) is 11.8 Å². The number of benzene rings is 2. The Morgan fingerprint density at radius 3 is 2.77 bits per heavy atom. The Balaban J connectivity index is 1.78. The molecule has 1 atom stereocenters. The maximum absolute atomic E-state index is 12.5. The van der Waals surface area contributed by atoms with Gasteiger partial charge >= 0.3 is 0 Å². The van der Waals surface area contributed by atoms with Crippen molar-refractivity contribution in [3.63, 3.8) is 0 Å².